The molecule has 2 N–H and O–H groups in total. The first-order valence-corrected chi connectivity index (χ1v) is 6.26. The average molecular weight is 218 g/mol. The van der Waals surface area contributed by atoms with Gasteiger partial charge in [0.15, 0.2) is 0 Å². The van der Waals surface area contributed by atoms with Gasteiger partial charge in [-0.2, -0.15) is 0 Å². The Morgan fingerprint density at radius 2 is 2.19 bits per heavy atom. The van der Waals surface area contributed by atoms with E-state index in [1.165, 1.54) is 36.2 Å². The molecule has 0 aromatic heterocycles. The summed E-state index contributed by atoms with van der Waals surface area (Å²) in [5.41, 5.74) is 9.82. The molecule has 2 nitrogen and oxygen atoms in total. The molecular formula is C14H22N2. The molecule has 0 saturated carbocycles. The minimum absolute atomic E-state index is 0.659. The Hall–Kier alpha value is -1.02. The Balaban J connectivity index is 2.22. The van der Waals surface area contributed by atoms with Crippen molar-refractivity contribution in [2.45, 2.75) is 39.2 Å². The van der Waals surface area contributed by atoms with Gasteiger partial charge in [0.2, 0.25) is 0 Å². The average Bonchev–Trinajstić information content (AvgIpc) is 2.67. The van der Waals surface area contributed by atoms with Gasteiger partial charge < -0.3 is 10.6 Å². The van der Waals surface area contributed by atoms with Gasteiger partial charge in [-0.05, 0) is 51.3 Å². The predicted molar refractivity (Wildman–Crippen MR) is 70.0 cm³/mol. The highest BCUT2D eigenvalue weighted by Crippen LogP contribution is 2.30. The molecule has 2 heteroatoms. The highest BCUT2D eigenvalue weighted by Gasteiger charge is 2.24. The molecule has 0 amide bonds. The molecule has 1 unspecified atom stereocenters. The van der Waals surface area contributed by atoms with Crippen LogP contribution in [0.2, 0.25) is 0 Å². The Labute approximate surface area is 98.4 Å². The Bertz CT molecular complexity index is 360. The van der Waals surface area contributed by atoms with E-state index in [1.807, 2.05) is 0 Å². The van der Waals surface area contributed by atoms with Gasteiger partial charge in [0.05, 0.1) is 0 Å². The van der Waals surface area contributed by atoms with E-state index in [0.29, 0.717) is 6.04 Å². The fraction of sp³-hybridized carbons (Fsp3) is 0.571. The normalized spacial score (nSPS) is 20.4. The van der Waals surface area contributed by atoms with Crippen molar-refractivity contribution >= 4 is 5.69 Å². The SMILES string of the molecule is Cc1ccc(N2CCCC2CCN)c(C)c1. The number of rotatable bonds is 3. The third-order valence-corrected chi connectivity index (χ3v) is 3.54. The smallest absolute Gasteiger partial charge is 0.0398 e. The second-order valence-electron chi connectivity index (χ2n) is 4.86. The molecule has 16 heavy (non-hydrogen) atoms. The number of nitrogens with zero attached hydrogens (tertiary/aromatic N) is 1. The molecule has 1 heterocycles. The number of benzene rings is 1. The Morgan fingerprint density at radius 3 is 2.88 bits per heavy atom. The molecule has 1 aromatic carbocycles. The van der Waals surface area contributed by atoms with Crippen LogP contribution in [0.15, 0.2) is 18.2 Å². The van der Waals surface area contributed by atoms with Crippen molar-refractivity contribution in [1.29, 1.82) is 0 Å². The zero-order valence-corrected chi connectivity index (χ0v) is 10.4. The highest BCUT2D eigenvalue weighted by atomic mass is 15.2. The summed E-state index contributed by atoms with van der Waals surface area (Å²) in [7, 11) is 0. The Kier molecular flexibility index (Phi) is 3.49. The summed E-state index contributed by atoms with van der Waals surface area (Å²) < 4.78 is 0. The molecule has 88 valence electrons. The second-order valence-corrected chi connectivity index (χ2v) is 4.86. The predicted octanol–water partition coefficient (Wildman–Crippen LogP) is 2.62. The second kappa shape index (κ2) is 4.88. The van der Waals surface area contributed by atoms with E-state index in [1.54, 1.807) is 0 Å². The summed E-state index contributed by atoms with van der Waals surface area (Å²) >= 11 is 0. The lowest BCUT2D eigenvalue weighted by Gasteiger charge is -2.28. The molecule has 0 bridgehead atoms. The number of hydrogen-bond acceptors (Lipinski definition) is 2. The fourth-order valence-electron chi connectivity index (χ4n) is 2.77. The van der Waals surface area contributed by atoms with Crippen LogP contribution in [-0.4, -0.2) is 19.1 Å². The highest BCUT2D eigenvalue weighted by molar-refractivity contribution is 5.55. The minimum atomic E-state index is 0.659. The van der Waals surface area contributed by atoms with E-state index >= 15 is 0 Å². The van der Waals surface area contributed by atoms with Crippen molar-refractivity contribution in [1.82, 2.24) is 0 Å². The lowest BCUT2D eigenvalue weighted by Crippen LogP contribution is -2.31. The van der Waals surface area contributed by atoms with Gasteiger partial charge in [-0.15, -0.1) is 0 Å². The van der Waals surface area contributed by atoms with Gasteiger partial charge in [-0.1, -0.05) is 17.7 Å². The summed E-state index contributed by atoms with van der Waals surface area (Å²) in [5.74, 6) is 0. The Morgan fingerprint density at radius 1 is 1.38 bits per heavy atom. The standard InChI is InChI=1S/C14H22N2/c1-11-5-6-14(12(2)10-11)16-9-3-4-13(16)7-8-15/h5-6,10,13H,3-4,7-9,15H2,1-2H3. The zero-order valence-electron chi connectivity index (χ0n) is 10.4. The van der Waals surface area contributed by atoms with Crippen LogP contribution in [0.4, 0.5) is 5.69 Å². The first-order chi connectivity index (χ1) is 7.72. The summed E-state index contributed by atoms with van der Waals surface area (Å²) in [5, 5.41) is 0. The van der Waals surface area contributed by atoms with Crippen LogP contribution in [0.25, 0.3) is 0 Å². The number of anilines is 1. The fourth-order valence-corrected chi connectivity index (χ4v) is 2.77. The maximum absolute atomic E-state index is 5.68. The van der Waals surface area contributed by atoms with Crippen molar-refractivity contribution in [3.63, 3.8) is 0 Å². The third kappa shape index (κ3) is 2.22. The van der Waals surface area contributed by atoms with Gasteiger partial charge in [-0.3, -0.25) is 0 Å². The summed E-state index contributed by atoms with van der Waals surface area (Å²) in [4.78, 5) is 2.54. The molecule has 1 fully saturated rings. The lowest BCUT2D eigenvalue weighted by atomic mass is 10.1. The summed E-state index contributed by atoms with van der Waals surface area (Å²) in [6, 6.07) is 7.40. The van der Waals surface area contributed by atoms with Crippen LogP contribution < -0.4 is 10.6 Å². The zero-order chi connectivity index (χ0) is 11.5. The van der Waals surface area contributed by atoms with Crippen molar-refractivity contribution < 1.29 is 0 Å². The van der Waals surface area contributed by atoms with Crippen molar-refractivity contribution in [2.75, 3.05) is 18.0 Å². The number of nitrogens with two attached hydrogens (primary N) is 1. The van der Waals surface area contributed by atoms with E-state index in [-0.39, 0.29) is 0 Å². The maximum Gasteiger partial charge on any atom is 0.0398 e. The van der Waals surface area contributed by atoms with Crippen LogP contribution >= 0.6 is 0 Å². The van der Waals surface area contributed by atoms with Crippen molar-refractivity contribution in [2.24, 2.45) is 5.73 Å². The monoisotopic (exact) mass is 218 g/mol. The largest absolute Gasteiger partial charge is 0.368 e. The first kappa shape index (κ1) is 11.5. The molecule has 1 aliphatic rings. The van der Waals surface area contributed by atoms with Gasteiger partial charge in [-0.25, -0.2) is 0 Å². The molecule has 0 aliphatic carbocycles. The number of hydrogen-bond donors (Lipinski definition) is 1. The van der Waals surface area contributed by atoms with E-state index in [4.69, 9.17) is 5.73 Å². The quantitative estimate of drug-likeness (QED) is 0.845. The lowest BCUT2D eigenvalue weighted by molar-refractivity contribution is 0.618. The molecular weight excluding hydrogens is 196 g/mol. The van der Waals surface area contributed by atoms with Crippen molar-refractivity contribution in [3.8, 4) is 0 Å². The molecule has 0 spiro atoms. The van der Waals surface area contributed by atoms with Gasteiger partial charge in [0.1, 0.15) is 0 Å². The van der Waals surface area contributed by atoms with Crippen LogP contribution in [0, 0.1) is 13.8 Å². The maximum atomic E-state index is 5.68. The van der Waals surface area contributed by atoms with Gasteiger partial charge >= 0.3 is 0 Å². The van der Waals surface area contributed by atoms with E-state index in [9.17, 15) is 0 Å². The van der Waals surface area contributed by atoms with Gasteiger partial charge in [0, 0.05) is 18.3 Å². The summed E-state index contributed by atoms with van der Waals surface area (Å²) in [6.45, 7) is 6.35. The van der Waals surface area contributed by atoms with Crippen molar-refractivity contribution in [3.05, 3.63) is 29.3 Å². The third-order valence-electron chi connectivity index (χ3n) is 3.54. The van der Waals surface area contributed by atoms with Crippen LogP contribution in [0.3, 0.4) is 0 Å². The molecule has 2 rings (SSSR count). The molecule has 1 saturated heterocycles. The summed E-state index contributed by atoms with van der Waals surface area (Å²) in [6.07, 6.45) is 3.72. The molecule has 1 atom stereocenters. The number of aryl methyl sites for hydroxylation is 2. The minimum Gasteiger partial charge on any atom is -0.368 e. The van der Waals surface area contributed by atoms with Crippen LogP contribution in [0.1, 0.15) is 30.4 Å². The van der Waals surface area contributed by atoms with Crippen LogP contribution in [0.5, 0.6) is 0 Å². The van der Waals surface area contributed by atoms with E-state index < -0.39 is 0 Å². The van der Waals surface area contributed by atoms with Gasteiger partial charge in [0.25, 0.3) is 0 Å². The molecule has 1 aromatic rings. The van der Waals surface area contributed by atoms with Crippen LogP contribution in [-0.2, 0) is 0 Å². The molecule has 0 radical (unpaired) electrons. The molecule has 1 aliphatic heterocycles. The van der Waals surface area contributed by atoms with E-state index in [2.05, 4.69) is 36.9 Å². The topological polar surface area (TPSA) is 29.3 Å². The first-order valence-electron chi connectivity index (χ1n) is 6.26. The van der Waals surface area contributed by atoms with E-state index in [0.717, 1.165) is 13.0 Å².